The first-order valence-electron chi connectivity index (χ1n) is 7.51. The summed E-state index contributed by atoms with van der Waals surface area (Å²) >= 11 is 0. The van der Waals surface area contributed by atoms with E-state index >= 15 is 0 Å². The van der Waals surface area contributed by atoms with E-state index in [1.54, 1.807) is 6.08 Å². The van der Waals surface area contributed by atoms with Crippen molar-refractivity contribution in [1.29, 1.82) is 0 Å². The molecule has 0 saturated carbocycles. The molecule has 0 N–H and O–H groups in total. The van der Waals surface area contributed by atoms with Crippen molar-refractivity contribution in [1.82, 2.24) is 0 Å². The standard InChI is InChI=1S/C18H26O4/c1-5-16(11-17(19)20-4)18(14(2)3)22-13-21-12-15-9-7-6-8-10-15/h5-10,14,16,18H,1,11-13H2,2-4H3/t16-,18+/m0/s1. The van der Waals surface area contributed by atoms with Gasteiger partial charge in [-0.3, -0.25) is 4.79 Å². The summed E-state index contributed by atoms with van der Waals surface area (Å²) in [4.78, 5) is 11.5. The molecule has 0 spiro atoms. The lowest BCUT2D eigenvalue weighted by atomic mass is 9.90. The first-order valence-corrected chi connectivity index (χ1v) is 7.51. The van der Waals surface area contributed by atoms with Gasteiger partial charge in [0.1, 0.15) is 6.79 Å². The second-order valence-corrected chi connectivity index (χ2v) is 5.51. The zero-order valence-corrected chi connectivity index (χ0v) is 13.7. The van der Waals surface area contributed by atoms with Crippen LogP contribution in [0.4, 0.5) is 0 Å². The van der Waals surface area contributed by atoms with E-state index in [1.807, 2.05) is 30.3 Å². The molecular formula is C18H26O4. The summed E-state index contributed by atoms with van der Waals surface area (Å²) in [5, 5.41) is 0. The van der Waals surface area contributed by atoms with Crippen molar-refractivity contribution in [2.24, 2.45) is 11.8 Å². The minimum Gasteiger partial charge on any atom is -0.469 e. The van der Waals surface area contributed by atoms with Crippen LogP contribution in [-0.4, -0.2) is 26.0 Å². The SMILES string of the molecule is C=C[C@@H](CC(=O)OC)[C@H](OCOCc1ccccc1)C(C)C. The number of esters is 1. The van der Waals surface area contributed by atoms with Crippen LogP contribution in [0.2, 0.25) is 0 Å². The molecule has 0 heterocycles. The summed E-state index contributed by atoms with van der Waals surface area (Å²) in [5.41, 5.74) is 1.10. The Balaban J connectivity index is 2.45. The lowest BCUT2D eigenvalue weighted by Gasteiger charge is -2.27. The Hall–Kier alpha value is -1.65. The molecule has 4 heteroatoms. The zero-order chi connectivity index (χ0) is 16.4. The van der Waals surface area contributed by atoms with Gasteiger partial charge in [-0.1, -0.05) is 50.3 Å². The molecule has 22 heavy (non-hydrogen) atoms. The highest BCUT2D eigenvalue weighted by atomic mass is 16.7. The molecule has 1 aromatic carbocycles. The van der Waals surface area contributed by atoms with Gasteiger partial charge in [-0.05, 0) is 11.5 Å². The summed E-state index contributed by atoms with van der Waals surface area (Å²) in [6.07, 6.45) is 1.88. The summed E-state index contributed by atoms with van der Waals surface area (Å²) in [6, 6.07) is 9.92. The number of hydrogen-bond acceptors (Lipinski definition) is 4. The Labute approximate surface area is 133 Å². The van der Waals surface area contributed by atoms with Crippen molar-refractivity contribution in [3.05, 3.63) is 48.6 Å². The Bertz CT molecular complexity index is 442. The van der Waals surface area contributed by atoms with Crippen LogP contribution < -0.4 is 0 Å². The average molecular weight is 306 g/mol. The Morgan fingerprint density at radius 2 is 1.95 bits per heavy atom. The van der Waals surface area contributed by atoms with Crippen LogP contribution in [0.3, 0.4) is 0 Å². The largest absolute Gasteiger partial charge is 0.469 e. The smallest absolute Gasteiger partial charge is 0.306 e. The minimum absolute atomic E-state index is 0.0900. The lowest BCUT2D eigenvalue weighted by molar-refractivity contribution is -0.147. The van der Waals surface area contributed by atoms with Crippen LogP contribution >= 0.6 is 0 Å². The van der Waals surface area contributed by atoms with Gasteiger partial charge in [0.25, 0.3) is 0 Å². The molecule has 0 saturated heterocycles. The number of hydrogen-bond donors (Lipinski definition) is 0. The molecule has 1 rings (SSSR count). The van der Waals surface area contributed by atoms with Crippen molar-refractivity contribution in [3.8, 4) is 0 Å². The summed E-state index contributed by atoms with van der Waals surface area (Å²) in [7, 11) is 1.39. The second kappa shape index (κ2) is 10.1. The van der Waals surface area contributed by atoms with Crippen molar-refractivity contribution >= 4 is 5.97 Å². The summed E-state index contributed by atoms with van der Waals surface area (Å²) in [6.45, 7) is 8.59. The van der Waals surface area contributed by atoms with Crippen molar-refractivity contribution < 1.29 is 19.0 Å². The van der Waals surface area contributed by atoms with Crippen LogP contribution in [0.5, 0.6) is 0 Å². The molecule has 1 aromatic rings. The van der Waals surface area contributed by atoms with Gasteiger partial charge in [-0.2, -0.15) is 0 Å². The number of rotatable bonds is 10. The lowest BCUT2D eigenvalue weighted by Crippen LogP contribution is -2.31. The third-order valence-corrected chi connectivity index (χ3v) is 3.47. The fourth-order valence-corrected chi connectivity index (χ4v) is 2.28. The molecular weight excluding hydrogens is 280 g/mol. The molecule has 122 valence electrons. The van der Waals surface area contributed by atoms with E-state index in [4.69, 9.17) is 14.2 Å². The third kappa shape index (κ3) is 6.41. The average Bonchev–Trinajstić information content (AvgIpc) is 2.53. The monoisotopic (exact) mass is 306 g/mol. The van der Waals surface area contributed by atoms with E-state index < -0.39 is 0 Å². The fourth-order valence-electron chi connectivity index (χ4n) is 2.28. The van der Waals surface area contributed by atoms with Crippen LogP contribution in [0, 0.1) is 11.8 Å². The van der Waals surface area contributed by atoms with Crippen molar-refractivity contribution in [3.63, 3.8) is 0 Å². The van der Waals surface area contributed by atoms with E-state index in [2.05, 4.69) is 20.4 Å². The fraction of sp³-hybridized carbons (Fsp3) is 0.500. The Morgan fingerprint density at radius 3 is 2.50 bits per heavy atom. The minimum atomic E-state index is -0.260. The number of methoxy groups -OCH3 is 1. The third-order valence-electron chi connectivity index (χ3n) is 3.47. The maximum atomic E-state index is 11.5. The Kier molecular flexibility index (Phi) is 8.48. The molecule has 0 aliphatic rings. The molecule has 0 aliphatic carbocycles. The number of carbonyl (C=O) groups is 1. The van der Waals surface area contributed by atoms with E-state index in [1.165, 1.54) is 7.11 Å². The molecule has 0 unspecified atom stereocenters. The Morgan fingerprint density at radius 1 is 1.27 bits per heavy atom. The van der Waals surface area contributed by atoms with Crippen molar-refractivity contribution in [2.75, 3.05) is 13.9 Å². The normalized spacial score (nSPS) is 13.6. The van der Waals surface area contributed by atoms with Crippen LogP contribution in [0.15, 0.2) is 43.0 Å². The molecule has 0 amide bonds. The van der Waals surface area contributed by atoms with Gasteiger partial charge in [-0.25, -0.2) is 0 Å². The number of carbonyl (C=O) groups excluding carboxylic acids is 1. The first kappa shape index (κ1) is 18.4. The summed E-state index contributed by atoms with van der Waals surface area (Å²) < 4.78 is 16.1. The summed E-state index contributed by atoms with van der Waals surface area (Å²) in [5.74, 6) is -0.106. The highest BCUT2D eigenvalue weighted by Gasteiger charge is 2.25. The predicted molar refractivity (Wildman–Crippen MR) is 86.1 cm³/mol. The van der Waals surface area contributed by atoms with E-state index in [0.29, 0.717) is 6.61 Å². The molecule has 2 atom stereocenters. The highest BCUT2D eigenvalue weighted by Crippen LogP contribution is 2.22. The van der Waals surface area contributed by atoms with E-state index in [9.17, 15) is 4.79 Å². The maximum absolute atomic E-state index is 11.5. The zero-order valence-electron chi connectivity index (χ0n) is 13.7. The van der Waals surface area contributed by atoms with Crippen LogP contribution in [0.25, 0.3) is 0 Å². The van der Waals surface area contributed by atoms with Gasteiger partial charge < -0.3 is 14.2 Å². The van der Waals surface area contributed by atoms with Gasteiger partial charge in [-0.15, -0.1) is 6.58 Å². The quantitative estimate of drug-likeness (QED) is 0.287. The molecule has 0 fully saturated rings. The van der Waals surface area contributed by atoms with Gasteiger partial charge in [0.05, 0.1) is 26.2 Å². The van der Waals surface area contributed by atoms with E-state index in [-0.39, 0.29) is 37.1 Å². The molecule has 0 aromatic heterocycles. The van der Waals surface area contributed by atoms with Crippen LogP contribution in [0.1, 0.15) is 25.8 Å². The predicted octanol–water partition coefficient (Wildman–Crippen LogP) is 3.57. The topological polar surface area (TPSA) is 44.8 Å². The van der Waals surface area contributed by atoms with Gasteiger partial charge >= 0.3 is 5.97 Å². The second-order valence-electron chi connectivity index (χ2n) is 5.51. The molecule has 4 nitrogen and oxygen atoms in total. The van der Waals surface area contributed by atoms with Gasteiger partial charge in [0.2, 0.25) is 0 Å². The molecule has 0 bridgehead atoms. The van der Waals surface area contributed by atoms with Gasteiger partial charge in [0, 0.05) is 5.92 Å². The number of ether oxygens (including phenoxy) is 3. The van der Waals surface area contributed by atoms with E-state index in [0.717, 1.165) is 5.56 Å². The highest BCUT2D eigenvalue weighted by molar-refractivity contribution is 5.69. The van der Waals surface area contributed by atoms with Crippen molar-refractivity contribution in [2.45, 2.75) is 33.0 Å². The van der Waals surface area contributed by atoms with Crippen LogP contribution in [-0.2, 0) is 25.6 Å². The van der Waals surface area contributed by atoms with Gasteiger partial charge in [0.15, 0.2) is 0 Å². The molecule has 0 aliphatic heterocycles. The maximum Gasteiger partial charge on any atom is 0.306 e. The first-order chi connectivity index (χ1) is 10.6. The number of benzene rings is 1. The molecule has 0 radical (unpaired) electrons.